The average molecular weight is 318 g/mol. The molecular weight excluding hydrogens is 300 g/mol. The van der Waals surface area contributed by atoms with Crippen LogP contribution in [0.1, 0.15) is 16.8 Å². The van der Waals surface area contributed by atoms with Crippen molar-refractivity contribution in [3.8, 4) is 5.75 Å². The zero-order valence-electron chi connectivity index (χ0n) is 13.2. The maximum absolute atomic E-state index is 9.48. The summed E-state index contributed by atoms with van der Waals surface area (Å²) < 4.78 is 5.77. The Kier molecular flexibility index (Phi) is 5.20. The van der Waals surface area contributed by atoms with E-state index in [1.807, 2.05) is 72.8 Å². The Hall–Kier alpha value is -3.14. The van der Waals surface area contributed by atoms with E-state index in [0.717, 1.165) is 16.9 Å². The number of hydrogen-bond donors (Lipinski definition) is 1. The summed E-state index contributed by atoms with van der Waals surface area (Å²) in [5.41, 5.74) is 3.00. The minimum absolute atomic E-state index is 0.464. The minimum atomic E-state index is 0.464. The highest BCUT2D eigenvalue weighted by atomic mass is 16.5. The van der Waals surface area contributed by atoms with E-state index in [9.17, 15) is 5.21 Å². The van der Waals surface area contributed by atoms with Crippen LogP contribution < -0.4 is 4.74 Å². The molecule has 120 valence electrons. The fourth-order valence-corrected chi connectivity index (χ4v) is 2.51. The van der Waals surface area contributed by atoms with Gasteiger partial charge in [0.1, 0.15) is 11.5 Å². The van der Waals surface area contributed by atoms with Crippen LogP contribution in [-0.4, -0.2) is 22.5 Å². The summed E-state index contributed by atoms with van der Waals surface area (Å²) in [5.74, 6) is 0.843. The smallest absolute Gasteiger partial charge is 0.135 e. The lowest BCUT2D eigenvalue weighted by Gasteiger charge is -2.11. The normalized spacial score (nSPS) is 11.2. The van der Waals surface area contributed by atoms with Crippen LogP contribution in [0.4, 0.5) is 0 Å². The lowest BCUT2D eigenvalue weighted by molar-refractivity contribution is 0.318. The molecule has 3 rings (SSSR count). The maximum Gasteiger partial charge on any atom is 0.135 e. The van der Waals surface area contributed by atoms with E-state index in [2.05, 4.69) is 10.1 Å². The number of ether oxygens (including phenoxy) is 1. The first-order valence-electron chi connectivity index (χ1n) is 7.78. The lowest BCUT2D eigenvalue weighted by Crippen LogP contribution is -2.11. The second kappa shape index (κ2) is 7.92. The Morgan fingerprint density at radius 2 is 1.67 bits per heavy atom. The van der Waals surface area contributed by atoms with Crippen molar-refractivity contribution < 1.29 is 9.94 Å². The topological polar surface area (TPSA) is 54.7 Å². The summed E-state index contributed by atoms with van der Waals surface area (Å²) >= 11 is 0. The number of aromatic nitrogens is 1. The molecule has 0 bridgehead atoms. The van der Waals surface area contributed by atoms with E-state index in [0.29, 0.717) is 24.4 Å². The highest BCUT2D eigenvalue weighted by Gasteiger charge is 2.13. The number of hydrogen-bond acceptors (Lipinski definition) is 4. The van der Waals surface area contributed by atoms with E-state index in [1.165, 1.54) is 0 Å². The van der Waals surface area contributed by atoms with Gasteiger partial charge in [0.25, 0.3) is 0 Å². The Morgan fingerprint density at radius 3 is 2.42 bits per heavy atom. The fourth-order valence-electron chi connectivity index (χ4n) is 2.51. The number of oxime groups is 1. The third-order valence-electron chi connectivity index (χ3n) is 3.66. The number of rotatable bonds is 6. The molecule has 0 unspecified atom stereocenters. The summed E-state index contributed by atoms with van der Waals surface area (Å²) in [4.78, 5) is 4.27. The first-order chi connectivity index (χ1) is 11.9. The van der Waals surface area contributed by atoms with Gasteiger partial charge in [0.05, 0.1) is 12.3 Å². The molecule has 0 aliphatic rings. The van der Waals surface area contributed by atoms with E-state index < -0.39 is 0 Å². The van der Waals surface area contributed by atoms with Gasteiger partial charge in [-0.1, -0.05) is 53.7 Å². The summed E-state index contributed by atoms with van der Waals surface area (Å²) in [6.07, 6.45) is 2.39. The zero-order chi connectivity index (χ0) is 16.6. The van der Waals surface area contributed by atoms with Crippen molar-refractivity contribution >= 4 is 5.71 Å². The predicted molar refractivity (Wildman–Crippen MR) is 93.7 cm³/mol. The van der Waals surface area contributed by atoms with E-state index >= 15 is 0 Å². The van der Waals surface area contributed by atoms with Crippen molar-refractivity contribution in [2.75, 3.05) is 6.61 Å². The molecule has 1 aromatic heterocycles. The molecule has 0 atom stereocenters. The number of nitrogens with zero attached hydrogens (tertiary/aromatic N) is 2. The number of pyridine rings is 1. The summed E-state index contributed by atoms with van der Waals surface area (Å²) in [6, 6.07) is 23.1. The van der Waals surface area contributed by atoms with Crippen molar-refractivity contribution in [3.05, 3.63) is 95.8 Å². The van der Waals surface area contributed by atoms with E-state index in [4.69, 9.17) is 4.74 Å². The van der Waals surface area contributed by atoms with Gasteiger partial charge in [0.2, 0.25) is 0 Å². The molecule has 4 nitrogen and oxygen atoms in total. The summed E-state index contributed by atoms with van der Waals surface area (Å²) in [6.45, 7) is 0.544. The van der Waals surface area contributed by atoms with Crippen molar-refractivity contribution in [1.82, 2.24) is 4.98 Å². The molecule has 0 saturated carbocycles. The third-order valence-corrected chi connectivity index (χ3v) is 3.66. The summed E-state index contributed by atoms with van der Waals surface area (Å²) in [5, 5.41) is 12.9. The second-order valence-electron chi connectivity index (χ2n) is 5.23. The van der Waals surface area contributed by atoms with Crippen LogP contribution in [0.15, 0.2) is 84.1 Å². The van der Waals surface area contributed by atoms with Crippen molar-refractivity contribution in [2.45, 2.75) is 6.42 Å². The molecule has 3 aromatic rings. The average Bonchev–Trinajstić information content (AvgIpc) is 2.65. The molecule has 0 aliphatic heterocycles. The van der Waals surface area contributed by atoms with Crippen LogP contribution in [0.5, 0.6) is 5.75 Å². The predicted octanol–water partition coefficient (Wildman–Crippen LogP) is 3.93. The molecule has 0 spiro atoms. The Labute approximate surface area is 141 Å². The standard InChI is InChI=1S/C20H18N2O2/c23-22-20(19-12-6-7-14-21-19)18-11-5-4-8-16(18)13-15-24-17-9-2-1-3-10-17/h1-12,14,23H,13,15H2. The van der Waals surface area contributed by atoms with Gasteiger partial charge in [-0.25, -0.2) is 0 Å². The fraction of sp³-hybridized carbons (Fsp3) is 0.100. The Balaban J connectivity index is 1.78. The second-order valence-corrected chi connectivity index (χ2v) is 5.23. The molecule has 0 saturated heterocycles. The molecule has 1 N–H and O–H groups in total. The monoisotopic (exact) mass is 318 g/mol. The van der Waals surface area contributed by atoms with Gasteiger partial charge in [-0.15, -0.1) is 0 Å². The van der Waals surface area contributed by atoms with Crippen LogP contribution in [0.25, 0.3) is 0 Å². The van der Waals surface area contributed by atoms with Crippen molar-refractivity contribution in [1.29, 1.82) is 0 Å². The highest BCUT2D eigenvalue weighted by Crippen LogP contribution is 2.16. The van der Waals surface area contributed by atoms with Crippen LogP contribution >= 0.6 is 0 Å². The number of para-hydroxylation sites is 1. The van der Waals surface area contributed by atoms with Crippen LogP contribution in [0, 0.1) is 0 Å². The van der Waals surface area contributed by atoms with Crippen LogP contribution in [-0.2, 0) is 6.42 Å². The molecule has 4 heteroatoms. The Morgan fingerprint density at radius 1 is 0.917 bits per heavy atom. The van der Waals surface area contributed by atoms with Gasteiger partial charge in [0.15, 0.2) is 0 Å². The summed E-state index contributed by atoms with van der Waals surface area (Å²) in [7, 11) is 0. The van der Waals surface area contributed by atoms with Gasteiger partial charge in [-0.3, -0.25) is 4.98 Å². The molecule has 0 fully saturated rings. The molecule has 0 radical (unpaired) electrons. The molecule has 24 heavy (non-hydrogen) atoms. The maximum atomic E-state index is 9.48. The van der Waals surface area contributed by atoms with Gasteiger partial charge < -0.3 is 9.94 Å². The Bertz CT molecular complexity index is 802. The van der Waals surface area contributed by atoms with Gasteiger partial charge in [-0.2, -0.15) is 0 Å². The van der Waals surface area contributed by atoms with Crippen LogP contribution in [0.3, 0.4) is 0 Å². The van der Waals surface area contributed by atoms with E-state index in [1.54, 1.807) is 6.20 Å². The third kappa shape index (κ3) is 3.79. The zero-order valence-corrected chi connectivity index (χ0v) is 13.2. The van der Waals surface area contributed by atoms with Gasteiger partial charge in [-0.05, 0) is 29.8 Å². The molecule has 0 amide bonds. The molecule has 2 aromatic carbocycles. The van der Waals surface area contributed by atoms with Gasteiger partial charge >= 0.3 is 0 Å². The van der Waals surface area contributed by atoms with Crippen molar-refractivity contribution in [2.24, 2.45) is 5.16 Å². The largest absolute Gasteiger partial charge is 0.493 e. The number of benzene rings is 2. The SMILES string of the molecule is ON=C(c1ccccn1)c1ccccc1CCOc1ccccc1. The minimum Gasteiger partial charge on any atom is -0.493 e. The van der Waals surface area contributed by atoms with Gasteiger partial charge in [0, 0.05) is 18.2 Å². The molecular formula is C20H18N2O2. The first-order valence-corrected chi connectivity index (χ1v) is 7.78. The quantitative estimate of drug-likeness (QED) is 0.425. The first kappa shape index (κ1) is 15.7. The van der Waals surface area contributed by atoms with E-state index in [-0.39, 0.29) is 0 Å². The molecule has 1 heterocycles. The lowest BCUT2D eigenvalue weighted by atomic mass is 9.98. The highest BCUT2D eigenvalue weighted by molar-refractivity contribution is 6.12. The van der Waals surface area contributed by atoms with Crippen LogP contribution in [0.2, 0.25) is 0 Å². The van der Waals surface area contributed by atoms with Crippen molar-refractivity contribution in [3.63, 3.8) is 0 Å². The molecule has 0 aliphatic carbocycles.